The Morgan fingerprint density at radius 3 is 2.54 bits per heavy atom. The lowest BCUT2D eigenvalue weighted by atomic mass is 9.72. The van der Waals surface area contributed by atoms with E-state index in [0.29, 0.717) is 28.5 Å². The Morgan fingerprint density at radius 2 is 1.86 bits per heavy atom. The molecule has 0 fully saturated rings. The number of fused-ring (bicyclic) bond motifs is 1. The van der Waals surface area contributed by atoms with E-state index in [0.717, 1.165) is 35.4 Å². The number of rotatable bonds is 4. The number of nitrogens with one attached hydrogen (secondary N) is 1. The number of halogens is 4. The molecule has 1 heterocycles. The molecule has 0 aliphatic heterocycles. The van der Waals surface area contributed by atoms with Crippen molar-refractivity contribution in [2.45, 2.75) is 46.2 Å². The van der Waals surface area contributed by atoms with Crippen LogP contribution in [0.25, 0.3) is 0 Å². The molecular formula is C27H26F4N2OS. The van der Waals surface area contributed by atoms with Crippen molar-refractivity contribution in [1.82, 2.24) is 0 Å². The first kappa shape index (κ1) is 25.1. The number of hydrogen-bond donors (Lipinski definition) is 1. The maximum Gasteiger partial charge on any atom is 0.416 e. The third-order valence-electron chi connectivity index (χ3n) is 6.33. The monoisotopic (exact) mass is 502 g/mol. The summed E-state index contributed by atoms with van der Waals surface area (Å²) in [6.45, 7) is 6.58. The van der Waals surface area contributed by atoms with Crippen molar-refractivity contribution in [2.75, 3.05) is 5.32 Å². The minimum absolute atomic E-state index is 0.0632. The van der Waals surface area contributed by atoms with Gasteiger partial charge < -0.3 is 5.32 Å². The van der Waals surface area contributed by atoms with Crippen molar-refractivity contribution < 1.29 is 22.4 Å². The molecule has 8 heteroatoms. The van der Waals surface area contributed by atoms with Gasteiger partial charge in [0.15, 0.2) is 0 Å². The molecule has 1 aliphatic rings. The van der Waals surface area contributed by atoms with Gasteiger partial charge in [-0.15, -0.1) is 11.3 Å². The standard InChI is InChI=1S/C27H26F4N2OS/c1-26(2,3)17-10-11-21-22(14-17)35-25(32-15-16-6-4-8-19(28)12-16)23(21)24(34)33-20-9-5-7-18(13-20)27(29,30)31/h4-9,12-13,15,17H,10-11,14H2,1-3H3,(H,33,34)/b32-15+. The Labute approximate surface area is 205 Å². The number of carbonyl (C=O) groups is 1. The van der Waals surface area contributed by atoms with Gasteiger partial charge in [-0.2, -0.15) is 13.2 Å². The molecule has 2 aromatic carbocycles. The normalized spacial score (nSPS) is 16.4. The van der Waals surface area contributed by atoms with Crippen molar-refractivity contribution >= 4 is 34.1 Å². The highest BCUT2D eigenvalue weighted by Crippen LogP contribution is 2.45. The number of thiophene rings is 1. The maximum atomic E-state index is 13.6. The molecule has 3 aromatic rings. The zero-order chi connectivity index (χ0) is 25.4. The topological polar surface area (TPSA) is 41.5 Å². The van der Waals surface area contributed by atoms with E-state index in [1.807, 2.05) is 0 Å². The molecule has 1 aliphatic carbocycles. The SMILES string of the molecule is CC(C)(C)C1CCc2c(sc(/N=C/c3cccc(F)c3)c2C(=O)Nc2cccc(C(F)(F)F)c2)C1. The highest BCUT2D eigenvalue weighted by atomic mass is 32.1. The fourth-order valence-corrected chi connectivity index (χ4v) is 5.59. The summed E-state index contributed by atoms with van der Waals surface area (Å²) in [7, 11) is 0. The number of nitrogens with zero attached hydrogens (tertiary/aromatic N) is 1. The third kappa shape index (κ3) is 5.81. The van der Waals surface area contributed by atoms with Crippen LogP contribution in [0, 0.1) is 17.2 Å². The van der Waals surface area contributed by atoms with Gasteiger partial charge in [0.25, 0.3) is 5.91 Å². The van der Waals surface area contributed by atoms with Gasteiger partial charge in [0, 0.05) is 16.8 Å². The molecular weight excluding hydrogens is 476 g/mol. The average molecular weight is 503 g/mol. The molecule has 0 spiro atoms. The van der Waals surface area contributed by atoms with E-state index in [1.54, 1.807) is 12.1 Å². The molecule has 1 N–H and O–H groups in total. The second-order valence-corrected chi connectivity index (χ2v) is 10.9. The summed E-state index contributed by atoms with van der Waals surface area (Å²) in [6, 6.07) is 10.5. The van der Waals surface area contributed by atoms with Crippen molar-refractivity contribution in [3.8, 4) is 0 Å². The first-order valence-corrected chi connectivity index (χ1v) is 12.2. The van der Waals surface area contributed by atoms with Crippen molar-refractivity contribution in [3.63, 3.8) is 0 Å². The Hall–Kier alpha value is -3.00. The van der Waals surface area contributed by atoms with Crippen LogP contribution in [-0.2, 0) is 19.0 Å². The van der Waals surface area contributed by atoms with Gasteiger partial charge in [0.1, 0.15) is 10.8 Å². The fraction of sp³-hybridized carbons (Fsp3) is 0.333. The summed E-state index contributed by atoms with van der Waals surface area (Å²) in [5.41, 5.74) is 1.16. The van der Waals surface area contributed by atoms with Gasteiger partial charge >= 0.3 is 6.18 Å². The fourth-order valence-electron chi connectivity index (χ4n) is 4.32. The smallest absolute Gasteiger partial charge is 0.322 e. The molecule has 4 rings (SSSR count). The van der Waals surface area contributed by atoms with E-state index in [9.17, 15) is 22.4 Å². The Kier molecular flexibility index (Phi) is 6.86. The van der Waals surface area contributed by atoms with Gasteiger partial charge in [-0.3, -0.25) is 4.79 Å². The number of alkyl halides is 3. The van der Waals surface area contributed by atoms with Crippen LogP contribution >= 0.6 is 11.3 Å². The average Bonchev–Trinajstić information content (AvgIpc) is 3.14. The van der Waals surface area contributed by atoms with Gasteiger partial charge in [0.05, 0.1) is 11.1 Å². The molecule has 35 heavy (non-hydrogen) atoms. The zero-order valence-electron chi connectivity index (χ0n) is 19.7. The van der Waals surface area contributed by atoms with E-state index in [2.05, 4.69) is 31.1 Å². The molecule has 0 saturated carbocycles. The highest BCUT2D eigenvalue weighted by molar-refractivity contribution is 7.16. The van der Waals surface area contributed by atoms with Gasteiger partial charge in [0.2, 0.25) is 0 Å². The summed E-state index contributed by atoms with van der Waals surface area (Å²) in [6.07, 6.45) is -0.602. The van der Waals surface area contributed by atoms with E-state index < -0.39 is 23.5 Å². The lowest BCUT2D eigenvalue weighted by Gasteiger charge is -2.33. The highest BCUT2D eigenvalue weighted by Gasteiger charge is 2.34. The maximum absolute atomic E-state index is 13.6. The van der Waals surface area contributed by atoms with Crippen LogP contribution in [0.15, 0.2) is 53.5 Å². The van der Waals surface area contributed by atoms with Crippen LogP contribution < -0.4 is 5.32 Å². The molecule has 0 bridgehead atoms. The van der Waals surface area contributed by atoms with E-state index >= 15 is 0 Å². The lowest BCUT2D eigenvalue weighted by Crippen LogP contribution is -2.27. The van der Waals surface area contributed by atoms with Crippen LogP contribution in [0.2, 0.25) is 0 Å². The quantitative estimate of drug-likeness (QED) is 0.285. The summed E-state index contributed by atoms with van der Waals surface area (Å²) in [4.78, 5) is 18.9. The predicted octanol–water partition coefficient (Wildman–Crippen LogP) is 8.06. The predicted molar refractivity (Wildman–Crippen MR) is 132 cm³/mol. The van der Waals surface area contributed by atoms with Crippen molar-refractivity contribution in [1.29, 1.82) is 0 Å². The molecule has 0 saturated heterocycles. The van der Waals surface area contributed by atoms with E-state index in [4.69, 9.17) is 0 Å². The largest absolute Gasteiger partial charge is 0.416 e. The van der Waals surface area contributed by atoms with Crippen LogP contribution in [0.3, 0.4) is 0 Å². The minimum Gasteiger partial charge on any atom is -0.322 e. The van der Waals surface area contributed by atoms with Gasteiger partial charge in [-0.1, -0.05) is 39.0 Å². The summed E-state index contributed by atoms with van der Waals surface area (Å²) in [5.74, 6) is -0.453. The van der Waals surface area contributed by atoms with Gasteiger partial charge in [-0.25, -0.2) is 9.38 Å². The Bertz CT molecular complexity index is 1270. The zero-order valence-corrected chi connectivity index (χ0v) is 20.5. The summed E-state index contributed by atoms with van der Waals surface area (Å²) >= 11 is 1.42. The molecule has 3 nitrogen and oxygen atoms in total. The summed E-state index contributed by atoms with van der Waals surface area (Å²) in [5, 5.41) is 3.10. The number of amides is 1. The molecule has 1 aromatic heterocycles. The number of hydrogen-bond acceptors (Lipinski definition) is 3. The van der Waals surface area contributed by atoms with Crippen LogP contribution in [0.4, 0.5) is 28.3 Å². The first-order valence-electron chi connectivity index (χ1n) is 11.3. The molecule has 1 unspecified atom stereocenters. The van der Waals surface area contributed by atoms with Crippen LogP contribution in [0.5, 0.6) is 0 Å². The molecule has 184 valence electrons. The second-order valence-electron chi connectivity index (χ2n) is 9.84. The molecule has 1 amide bonds. The van der Waals surface area contributed by atoms with Crippen LogP contribution in [-0.4, -0.2) is 12.1 Å². The van der Waals surface area contributed by atoms with E-state index in [1.165, 1.54) is 41.8 Å². The number of carbonyl (C=O) groups excluding carboxylic acids is 1. The third-order valence-corrected chi connectivity index (χ3v) is 7.49. The van der Waals surface area contributed by atoms with Crippen molar-refractivity contribution in [2.24, 2.45) is 16.3 Å². The number of anilines is 1. The minimum atomic E-state index is -4.51. The molecule has 0 radical (unpaired) electrons. The number of aliphatic imine (C=N–C) groups is 1. The number of benzene rings is 2. The van der Waals surface area contributed by atoms with Crippen molar-refractivity contribution in [3.05, 3.63) is 81.5 Å². The van der Waals surface area contributed by atoms with Crippen LogP contribution in [0.1, 0.15) is 59.1 Å². The first-order chi connectivity index (χ1) is 16.4. The Morgan fingerprint density at radius 1 is 1.11 bits per heavy atom. The Balaban J connectivity index is 1.70. The second kappa shape index (κ2) is 9.57. The van der Waals surface area contributed by atoms with Gasteiger partial charge in [-0.05, 0) is 72.1 Å². The molecule has 1 atom stereocenters. The lowest BCUT2D eigenvalue weighted by molar-refractivity contribution is -0.137. The summed E-state index contributed by atoms with van der Waals surface area (Å²) < 4.78 is 53.0. The van der Waals surface area contributed by atoms with E-state index in [-0.39, 0.29) is 11.1 Å².